The predicted octanol–water partition coefficient (Wildman–Crippen LogP) is 5.33. The van der Waals surface area contributed by atoms with Crippen LogP contribution >= 0.6 is 11.6 Å². The Morgan fingerprint density at radius 1 is 0.889 bits per heavy atom. The number of carbonyl (C=O) groups is 2. The van der Waals surface area contributed by atoms with Crippen LogP contribution in [0.4, 0.5) is 18.9 Å². The molecule has 0 aliphatic heterocycles. The van der Waals surface area contributed by atoms with Crippen molar-refractivity contribution in [2.75, 3.05) is 19.5 Å². The monoisotopic (exact) mass is 517 g/mol. The lowest BCUT2D eigenvalue weighted by Crippen LogP contribution is -2.25. The van der Waals surface area contributed by atoms with Crippen molar-refractivity contribution in [3.05, 3.63) is 76.8 Å². The molecule has 0 spiro atoms. The summed E-state index contributed by atoms with van der Waals surface area (Å²) in [5.41, 5.74) is -0.886. The maximum atomic E-state index is 14.8. The minimum atomic E-state index is -1.53. The Kier molecular flexibility index (Phi) is 6.93. The molecule has 1 amide bonds. The summed E-state index contributed by atoms with van der Waals surface area (Å²) in [5, 5.41) is 2.35. The van der Waals surface area contributed by atoms with Gasteiger partial charge in [0.25, 0.3) is 11.7 Å². The predicted molar refractivity (Wildman–Crippen MR) is 123 cm³/mol. The molecule has 1 heterocycles. The molecule has 184 valence electrons. The Morgan fingerprint density at radius 2 is 1.56 bits per heavy atom. The van der Waals surface area contributed by atoms with Crippen LogP contribution in [0.3, 0.4) is 0 Å². The molecule has 3 aromatic carbocycles. The Hall–Kier alpha value is -4.38. The fraction of sp³-hybridized carbons (Fsp3) is 0.0833. The Bertz CT molecular complexity index is 1470. The van der Waals surface area contributed by atoms with Gasteiger partial charge in [0.1, 0.15) is 29.5 Å². The van der Waals surface area contributed by atoms with E-state index in [0.717, 1.165) is 30.3 Å². The number of methoxy groups -OCH3 is 2. The first kappa shape index (κ1) is 24.7. The van der Waals surface area contributed by atoms with E-state index in [-0.39, 0.29) is 22.3 Å². The van der Waals surface area contributed by atoms with Crippen molar-refractivity contribution in [2.24, 2.45) is 0 Å². The maximum Gasteiger partial charge on any atom is 0.296 e. The number of fused-ring (bicyclic) bond motifs is 1. The maximum absolute atomic E-state index is 14.8. The minimum absolute atomic E-state index is 0.0510. The summed E-state index contributed by atoms with van der Waals surface area (Å²) < 4.78 is 59.0. The lowest BCUT2D eigenvalue weighted by atomic mass is 10.1. The highest BCUT2D eigenvalue weighted by Crippen LogP contribution is 2.36. The van der Waals surface area contributed by atoms with Crippen LogP contribution < -0.4 is 19.5 Å². The van der Waals surface area contributed by atoms with Gasteiger partial charge in [-0.25, -0.2) is 23.1 Å². The van der Waals surface area contributed by atoms with Gasteiger partial charge in [0, 0.05) is 28.9 Å². The SMILES string of the molecule is COc1cc2ncnc(Oc3cc(F)c(C(=O)C(=O)Nc4cc(F)cc(Cl)c4)c(F)c3)c2cc1OC. The summed E-state index contributed by atoms with van der Waals surface area (Å²) in [5.74, 6) is -6.08. The molecule has 4 aromatic rings. The van der Waals surface area contributed by atoms with Gasteiger partial charge in [0.2, 0.25) is 5.88 Å². The summed E-state index contributed by atoms with van der Waals surface area (Å²) in [7, 11) is 2.87. The van der Waals surface area contributed by atoms with Crippen LogP contribution in [0, 0.1) is 17.5 Å². The quantitative estimate of drug-likeness (QED) is 0.261. The first-order valence-electron chi connectivity index (χ1n) is 10.1. The van der Waals surface area contributed by atoms with Crippen molar-refractivity contribution in [3.8, 4) is 23.1 Å². The molecule has 1 N–H and O–H groups in total. The number of carbonyl (C=O) groups excluding carboxylic acids is 2. The van der Waals surface area contributed by atoms with Gasteiger partial charge in [-0.2, -0.15) is 0 Å². The number of nitrogens with zero attached hydrogens (tertiary/aromatic N) is 2. The van der Waals surface area contributed by atoms with E-state index in [4.69, 9.17) is 25.8 Å². The fourth-order valence-corrected chi connectivity index (χ4v) is 3.53. The van der Waals surface area contributed by atoms with Crippen LogP contribution in [0.2, 0.25) is 5.02 Å². The second-order valence-electron chi connectivity index (χ2n) is 7.21. The fourth-order valence-electron chi connectivity index (χ4n) is 3.31. The van der Waals surface area contributed by atoms with Crippen molar-refractivity contribution < 1.29 is 37.0 Å². The Balaban J connectivity index is 1.62. The van der Waals surface area contributed by atoms with E-state index in [2.05, 4.69) is 15.3 Å². The molecule has 8 nitrogen and oxygen atoms in total. The third-order valence-corrected chi connectivity index (χ3v) is 5.11. The summed E-state index contributed by atoms with van der Waals surface area (Å²) in [4.78, 5) is 32.8. The van der Waals surface area contributed by atoms with E-state index < -0.39 is 34.7 Å². The van der Waals surface area contributed by atoms with Crippen molar-refractivity contribution in [1.29, 1.82) is 0 Å². The normalized spacial score (nSPS) is 10.7. The van der Waals surface area contributed by atoms with Gasteiger partial charge in [-0.05, 0) is 24.3 Å². The van der Waals surface area contributed by atoms with Crippen LogP contribution in [-0.2, 0) is 4.79 Å². The molecule has 1 aromatic heterocycles. The van der Waals surface area contributed by atoms with Crippen LogP contribution in [0.15, 0.2) is 48.8 Å². The largest absolute Gasteiger partial charge is 0.493 e. The minimum Gasteiger partial charge on any atom is -0.493 e. The molecule has 12 heteroatoms. The standard InChI is InChI=1S/C24H15ClF3N3O5/c1-34-19-8-15-18(9-20(19)35-2)29-10-30-24(15)36-14-6-16(27)21(17(28)7-14)22(32)23(33)31-13-4-11(25)3-12(26)5-13/h3-10H,1-2H3,(H,31,33). The number of ether oxygens (including phenoxy) is 3. The number of halogens is 4. The van der Waals surface area contributed by atoms with Gasteiger partial charge in [0.05, 0.1) is 30.7 Å². The van der Waals surface area contributed by atoms with Gasteiger partial charge < -0.3 is 19.5 Å². The third-order valence-electron chi connectivity index (χ3n) is 4.89. The van der Waals surface area contributed by atoms with Gasteiger partial charge in [-0.15, -0.1) is 0 Å². The molecule has 0 aliphatic rings. The smallest absolute Gasteiger partial charge is 0.296 e. The van der Waals surface area contributed by atoms with E-state index in [1.807, 2.05) is 0 Å². The Labute approximate surface area is 206 Å². The molecule has 0 atom stereocenters. The highest BCUT2D eigenvalue weighted by Gasteiger charge is 2.26. The van der Waals surface area contributed by atoms with Crippen LogP contribution in [0.5, 0.6) is 23.1 Å². The third kappa shape index (κ3) is 5.01. The molecule has 0 radical (unpaired) electrons. The zero-order valence-corrected chi connectivity index (χ0v) is 19.3. The van der Waals surface area contributed by atoms with E-state index in [1.165, 1.54) is 26.6 Å². The molecule has 0 saturated carbocycles. The number of Topliss-reactive ketones (excluding diaryl/α,β-unsaturated/α-hetero) is 1. The lowest BCUT2D eigenvalue weighted by molar-refractivity contribution is -0.112. The topological polar surface area (TPSA) is 99.6 Å². The molecule has 0 aliphatic carbocycles. The zero-order valence-electron chi connectivity index (χ0n) is 18.6. The Morgan fingerprint density at radius 3 is 2.19 bits per heavy atom. The molecule has 4 rings (SSSR count). The second-order valence-corrected chi connectivity index (χ2v) is 7.64. The molecule has 36 heavy (non-hydrogen) atoms. The van der Waals surface area contributed by atoms with Crippen molar-refractivity contribution >= 4 is 39.9 Å². The van der Waals surface area contributed by atoms with Crippen LogP contribution in [-0.4, -0.2) is 35.9 Å². The van der Waals surface area contributed by atoms with Crippen molar-refractivity contribution in [2.45, 2.75) is 0 Å². The van der Waals surface area contributed by atoms with E-state index >= 15 is 0 Å². The number of nitrogens with one attached hydrogen (secondary N) is 1. The summed E-state index contributed by atoms with van der Waals surface area (Å²) >= 11 is 5.70. The molecule has 0 unspecified atom stereocenters. The van der Waals surface area contributed by atoms with E-state index in [9.17, 15) is 22.8 Å². The van der Waals surface area contributed by atoms with E-state index in [1.54, 1.807) is 6.07 Å². The van der Waals surface area contributed by atoms with Crippen molar-refractivity contribution in [3.63, 3.8) is 0 Å². The van der Waals surface area contributed by atoms with Gasteiger partial charge in [-0.3, -0.25) is 9.59 Å². The number of benzene rings is 3. The van der Waals surface area contributed by atoms with E-state index in [0.29, 0.717) is 22.4 Å². The second kappa shape index (κ2) is 10.1. The number of ketones is 1. The van der Waals surface area contributed by atoms with Crippen LogP contribution in [0.25, 0.3) is 10.9 Å². The lowest BCUT2D eigenvalue weighted by Gasteiger charge is -2.12. The van der Waals surface area contributed by atoms with Gasteiger partial charge in [0.15, 0.2) is 11.5 Å². The van der Waals surface area contributed by atoms with Crippen LogP contribution in [0.1, 0.15) is 10.4 Å². The highest BCUT2D eigenvalue weighted by atomic mass is 35.5. The van der Waals surface area contributed by atoms with Crippen molar-refractivity contribution in [1.82, 2.24) is 9.97 Å². The molecule has 0 bridgehead atoms. The molecular weight excluding hydrogens is 503 g/mol. The number of anilines is 1. The number of aromatic nitrogens is 2. The summed E-state index contributed by atoms with van der Waals surface area (Å²) in [6, 6.07) is 7.56. The average Bonchev–Trinajstić information content (AvgIpc) is 2.82. The molecule has 0 saturated heterocycles. The molecular formula is C24H15ClF3N3O5. The summed E-state index contributed by atoms with van der Waals surface area (Å²) in [6.45, 7) is 0. The highest BCUT2D eigenvalue weighted by molar-refractivity contribution is 6.46. The van der Waals surface area contributed by atoms with Gasteiger partial charge in [-0.1, -0.05) is 11.6 Å². The first-order chi connectivity index (χ1) is 17.2. The first-order valence-corrected chi connectivity index (χ1v) is 10.4. The average molecular weight is 518 g/mol. The zero-order chi connectivity index (χ0) is 26.0. The van der Waals surface area contributed by atoms with Gasteiger partial charge >= 0.3 is 0 Å². The number of hydrogen-bond acceptors (Lipinski definition) is 7. The number of hydrogen-bond donors (Lipinski definition) is 1. The summed E-state index contributed by atoms with van der Waals surface area (Å²) in [6.07, 6.45) is 1.18. The number of rotatable bonds is 7. The molecule has 0 fully saturated rings. The number of amides is 1.